The summed E-state index contributed by atoms with van der Waals surface area (Å²) in [5.74, 6) is 0.924. The van der Waals surface area contributed by atoms with Crippen molar-refractivity contribution in [3.63, 3.8) is 0 Å². The lowest BCUT2D eigenvalue weighted by Crippen LogP contribution is -2.43. The molecule has 0 saturated carbocycles. The first-order valence-electron chi connectivity index (χ1n) is 12.9. The van der Waals surface area contributed by atoms with Crippen LogP contribution >= 0.6 is 0 Å². The van der Waals surface area contributed by atoms with E-state index in [-0.39, 0.29) is 30.9 Å². The lowest BCUT2D eigenvalue weighted by atomic mass is 9.91. The number of benzene rings is 2. The summed E-state index contributed by atoms with van der Waals surface area (Å²) < 4.78 is 17.7. The van der Waals surface area contributed by atoms with Gasteiger partial charge in [0.25, 0.3) is 0 Å². The van der Waals surface area contributed by atoms with Gasteiger partial charge in [-0.2, -0.15) is 0 Å². The summed E-state index contributed by atoms with van der Waals surface area (Å²) in [7, 11) is 0. The zero-order valence-electron chi connectivity index (χ0n) is 22.1. The van der Waals surface area contributed by atoms with Gasteiger partial charge in [0, 0.05) is 38.0 Å². The van der Waals surface area contributed by atoms with Gasteiger partial charge in [0.05, 0.1) is 6.04 Å². The molecule has 0 N–H and O–H groups in total. The topological polar surface area (TPSA) is 68.3 Å². The number of ether oxygens (including phenoxy) is 3. The van der Waals surface area contributed by atoms with Gasteiger partial charge in [-0.25, -0.2) is 9.59 Å². The summed E-state index contributed by atoms with van der Waals surface area (Å²) in [4.78, 5) is 28.8. The Morgan fingerprint density at radius 1 is 0.972 bits per heavy atom. The number of hydrogen-bond acceptors (Lipinski definition) is 5. The van der Waals surface area contributed by atoms with Crippen LogP contribution in [0.15, 0.2) is 42.5 Å². The standard InChI is InChI=1S/C29H38N2O5/c1-20-11-12-24-21(2)31(28(33)36-29(3,4)5)18-15-25(24)26(20)35-23-13-16-30(17-14-23)27(32)34-19-22-9-7-6-8-10-22/h6-12,21,23H,13-19H2,1-5H3. The number of likely N-dealkylation sites (tertiary alicyclic amines) is 1. The molecule has 0 radical (unpaired) electrons. The molecule has 2 heterocycles. The predicted octanol–water partition coefficient (Wildman–Crippen LogP) is 6.03. The quantitative estimate of drug-likeness (QED) is 0.519. The minimum absolute atomic E-state index is 0.0348. The fourth-order valence-electron chi connectivity index (χ4n) is 4.87. The number of carbonyl (C=O) groups excluding carboxylic acids is 2. The number of rotatable bonds is 4. The molecule has 2 aromatic carbocycles. The van der Waals surface area contributed by atoms with E-state index in [1.165, 1.54) is 5.56 Å². The van der Waals surface area contributed by atoms with Crippen LogP contribution in [0.2, 0.25) is 0 Å². The second kappa shape index (κ2) is 10.8. The third-order valence-corrected chi connectivity index (χ3v) is 6.83. The van der Waals surface area contributed by atoms with E-state index in [2.05, 4.69) is 19.1 Å². The van der Waals surface area contributed by atoms with Crippen molar-refractivity contribution >= 4 is 12.2 Å². The molecule has 194 valence electrons. The molecule has 7 heteroatoms. The van der Waals surface area contributed by atoms with Gasteiger partial charge in [-0.05, 0) is 57.7 Å². The number of nitrogens with zero attached hydrogens (tertiary/aromatic N) is 2. The molecule has 1 saturated heterocycles. The van der Waals surface area contributed by atoms with Crippen molar-refractivity contribution in [3.05, 3.63) is 64.7 Å². The Balaban J connectivity index is 1.36. The third kappa shape index (κ3) is 6.12. The average molecular weight is 495 g/mol. The van der Waals surface area contributed by atoms with Crippen LogP contribution in [0.3, 0.4) is 0 Å². The zero-order chi connectivity index (χ0) is 25.9. The van der Waals surface area contributed by atoms with Crippen molar-refractivity contribution in [1.29, 1.82) is 0 Å². The number of hydrogen-bond donors (Lipinski definition) is 0. The number of aryl methyl sites for hydroxylation is 1. The highest BCUT2D eigenvalue weighted by atomic mass is 16.6. The highest BCUT2D eigenvalue weighted by Gasteiger charge is 2.34. The van der Waals surface area contributed by atoms with Crippen LogP contribution in [-0.4, -0.2) is 53.3 Å². The summed E-state index contributed by atoms with van der Waals surface area (Å²) >= 11 is 0. The lowest BCUT2D eigenvalue weighted by molar-refractivity contribution is 0.0156. The summed E-state index contributed by atoms with van der Waals surface area (Å²) in [5, 5.41) is 0. The van der Waals surface area contributed by atoms with Gasteiger partial charge in [-0.3, -0.25) is 0 Å². The van der Waals surface area contributed by atoms with Crippen molar-refractivity contribution in [2.45, 2.75) is 78.2 Å². The predicted molar refractivity (Wildman–Crippen MR) is 138 cm³/mol. The van der Waals surface area contributed by atoms with E-state index in [4.69, 9.17) is 14.2 Å². The number of fused-ring (bicyclic) bond motifs is 1. The largest absolute Gasteiger partial charge is 0.490 e. The van der Waals surface area contributed by atoms with Crippen molar-refractivity contribution in [1.82, 2.24) is 9.80 Å². The number of piperidine rings is 1. The molecule has 1 atom stereocenters. The summed E-state index contributed by atoms with van der Waals surface area (Å²) in [6.45, 7) is 11.9. The Morgan fingerprint density at radius 2 is 1.67 bits per heavy atom. The molecule has 1 unspecified atom stereocenters. The first-order chi connectivity index (χ1) is 17.1. The SMILES string of the molecule is Cc1ccc2c(c1OC1CCN(C(=O)OCc3ccccc3)CC1)CCN(C(=O)OC(C)(C)C)C2C. The highest BCUT2D eigenvalue weighted by Crippen LogP contribution is 2.38. The molecule has 1 fully saturated rings. The summed E-state index contributed by atoms with van der Waals surface area (Å²) in [5.41, 5.74) is 3.83. The van der Waals surface area contributed by atoms with Crippen LogP contribution in [0.4, 0.5) is 9.59 Å². The van der Waals surface area contributed by atoms with Gasteiger partial charge in [-0.1, -0.05) is 42.5 Å². The molecule has 0 bridgehead atoms. The molecule has 36 heavy (non-hydrogen) atoms. The molecular weight excluding hydrogens is 456 g/mol. The molecule has 0 aromatic heterocycles. The molecular formula is C29H38N2O5. The Labute approximate surface area is 214 Å². The van der Waals surface area contributed by atoms with Crippen LogP contribution in [0.25, 0.3) is 0 Å². The number of carbonyl (C=O) groups is 2. The van der Waals surface area contributed by atoms with Gasteiger partial charge in [0.2, 0.25) is 0 Å². The van der Waals surface area contributed by atoms with E-state index >= 15 is 0 Å². The Bertz CT molecular complexity index is 1070. The van der Waals surface area contributed by atoms with Crippen molar-refractivity contribution in [2.75, 3.05) is 19.6 Å². The van der Waals surface area contributed by atoms with E-state index in [0.717, 1.165) is 41.7 Å². The zero-order valence-corrected chi connectivity index (χ0v) is 22.1. The van der Waals surface area contributed by atoms with E-state index in [0.29, 0.717) is 19.6 Å². The van der Waals surface area contributed by atoms with Crippen molar-refractivity contribution < 1.29 is 23.8 Å². The minimum Gasteiger partial charge on any atom is -0.490 e. The molecule has 2 aliphatic heterocycles. The fraction of sp³-hybridized carbons (Fsp3) is 0.517. The molecule has 4 rings (SSSR count). The van der Waals surface area contributed by atoms with Crippen LogP contribution < -0.4 is 4.74 Å². The summed E-state index contributed by atoms with van der Waals surface area (Å²) in [6.07, 6.45) is 1.71. The molecule has 0 aliphatic carbocycles. The first-order valence-corrected chi connectivity index (χ1v) is 12.9. The molecule has 2 amide bonds. The fourth-order valence-corrected chi connectivity index (χ4v) is 4.87. The van der Waals surface area contributed by atoms with E-state index in [9.17, 15) is 9.59 Å². The summed E-state index contributed by atoms with van der Waals surface area (Å²) in [6, 6.07) is 13.8. The maximum Gasteiger partial charge on any atom is 0.410 e. The Kier molecular flexibility index (Phi) is 7.76. The highest BCUT2D eigenvalue weighted by molar-refractivity contribution is 5.70. The van der Waals surface area contributed by atoms with Gasteiger partial charge < -0.3 is 24.0 Å². The maximum atomic E-state index is 12.7. The number of amides is 2. The van der Waals surface area contributed by atoms with Gasteiger partial charge in [-0.15, -0.1) is 0 Å². The normalized spacial score (nSPS) is 18.4. The Morgan fingerprint density at radius 3 is 2.33 bits per heavy atom. The van der Waals surface area contributed by atoms with Gasteiger partial charge >= 0.3 is 12.2 Å². The second-order valence-electron chi connectivity index (χ2n) is 10.7. The van der Waals surface area contributed by atoms with Crippen LogP contribution in [-0.2, 0) is 22.5 Å². The smallest absolute Gasteiger partial charge is 0.410 e. The maximum absolute atomic E-state index is 12.7. The monoisotopic (exact) mass is 494 g/mol. The van der Waals surface area contributed by atoms with Crippen LogP contribution in [0.1, 0.15) is 68.8 Å². The van der Waals surface area contributed by atoms with Crippen LogP contribution in [0.5, 0.6) is 5.75 Å². The Hall–Kier alpha value is -3.22. The molecule has 0 spiro atoms. The van der Waals surface area contributed by atoms with Crippen LogP contribution in [0, 0.1) is 6.92 Å². The molecule has 2 aliphatic rings. The first kappa shape index (κ1) is 25.9. The van der Waals surface area contributed by atoms with E-state index in [1.807, 2.05) is 58.0 Å². The van der Waals surface area contributed by atoms with Gasteiger partial charge in [0.1, 0.15) is 24.1 Å². The van der Waals surface area contributed by atoms with Gasteiger partial charge in [0.15, 0.2) is 0 Å². The van der Waals surface area contributed by atoms with E-state index < -0.39 is 5.60 Å². The second-order valence-corrected chi connectivity index (χ2v) is 10.7. The lowest BCUT2D eigenvalue weighted by Gasteiger charge is -2.38. The van der Waals surface area contributed by atoms with E-state index in [1.54, 1.807) is 9.80 Å². The molecule has 7 nitrogen and oxygen atoms in total. The molecule has 2 aromatic rings. The third-order valence-electron chi connectivity index (χ3n) is 6.83. The minimum atomic E-state index is -0.526. The van der Waals surface area contributed by atoms with Crippen molar-refractivity contribution in [3.8, 4) is 5.75 Å². The van der Waals surface area contributed by atoms with Crippen molar-refractivity contribution in [2.24, 2.45) is 0 Å². The average Bonchev–Trinajstić information content (AvgIpc) is 2.84.